The number of aliphatic carboxylic acids is 1. The van der Waals surface area contributed by atoms with Crippen LogP contribution in [-0.2, 0) is 27.2 Å². The minimum absolute atomic E-state index is 0. The predicted octanol–water partition coefficient (Wildman–Crippen LogP) is 7.61. The molecule has 2 aliphatic heterocycles. The molecule has 0 atom stereocenters. The molecule has 0 spiro atoms. The maximum atomic E-state index is 11.1. The second-order valence-electron chi connectivity index (χ2n) is 18.1. The van der Waals surface area contributed by atoms with Crippen LogP contribution in [0.2, 0.25) is 0 Å². The molecule has 2 aromatic carbocycles. The molecule has 2 aromatic heterocycles. The van der Waals surface area contributed by atoms with Crippen LogP contribution >= 0.6 is 0 Å². The Balaban J connectivity index is 0.000000250. The summed E-state index contributed by atoms with van der Waals surface area (Å²) in [4.78, 5) is 40.6. The van der Waals surface area contributed by atoms with Crippen molar-refractivity contribution in [3.63, 3.8) is 0 Å². The number of hydrogen-bond acceptors (Lipinski definition) is 16. The zero-order valence-corrected chi connectivity index (χ0v) is 40.9. The molecule has 18 heteroatoms. The van der Waals surface area contributed by atoms with Crippen molar-refractivity contribution in [2.45, 2.75) is 153 Å². The first-order chi connectivity index (χ1) is 32.9. The van der Waals surface area contributed by atoms with Gasteiger partial charge in [0.1, 0.15) is 34.8 Å². The van der Waals surface area contributed by atoms with Crippen LogP contribution in [0, 0.1) is 0 Å². The third-order valence-electron chi connectivity index (χ3n) is 12.8. The van der Waals surface area contributed by atoms with E-state index in [1.165, 1.54) is 82.4 Å². The number of nitrogens with one attached hydrogen (secondary N) is 6. The summed E-state index contributed by atoms with van der Waals surface area (Å²) in [6.07, 6.45) is 22.8. The number of anilines is 8. The van der Waals surface area contributed by atoms with E-state index in [0.29, 0.717) is 43.6 Å². The van der Waals surface area contributed by atoms with Gasteiger partial charge in [-0.25, -0.2) is 0 Å². The molecule has 0 saturated heterocycles. The second-order valence-corrected chi connectivity index (χ2v) is 18.1. The van der Waals surface area contributed by atoms with Crippen molar-refractivity contribution in [3.05, 3.63) is 59.7 Å². The molecule has 0 bridgehead atoms. The van der Waals surface area contributed by atoms with Crippen LogP contribution in [0.25, 0.3) is 0 Å². The van der Waals surface area contributed by atoms with E-state index in [-0.39, 0.29) is 36.7 Å². The average molecular weight is 945 g/mol. The molecule has 8 N–H and O–H groups in total. The van der Waals surface area contributed by atoms with E-state index in [9.17, 15) is 9.59 Å². The van der Waals surface area contributed by atoms with Crippen molar-refractivity contribution in [2.75, 3.05) is 65.3 Å². The van der Waals surface area contributed by atoms with Gasteiger partial charge in [0.15, 0.2) is 0 Å². The molecule has 17 nitrogen and oxygen atoms in total. The van der Waals surface area contributed by atoms with Gasteiger partial charge in [-0.05, 0) is 113 Å². The zero-order chi connectivity index (χ0) is 46.5. The van der Waals surface area contributed by atoms with Gasteiger partial charge < -0.3 is 56.7 Å². The van der Waals surface area contributed by atoms with Crippen LogP contribution in [0.4, 0.5) is 46.5 Å². The second kappa shape index (κ2) is 29.5. The molecule has 2 aliphatic carbocycles. The topological polar surface area (TPSA) is 236 Å². The first-order valence-electron chi connectivity index (χ1n) is 25.0. The number of carbonyl (C=O) groups is 2. The molecule has 8 rings (SSSR count). The monoisotopic (exact) mass is 945 g/mol. The van der Waals surface area contributed by atoms with E-state index in [1.807, 2.05) is 48.5 Å². The number of ether oxygens (including phenoxy) is 3. The normalized spacial score (nSPS) is 15.0. The third kappa shape index (κ3) is 18.1. The average Bonchev–Trinajstić information content (AvgIpc) is 4.03. The fraction of sp³-hybridized carbons (Fsp3) is 0.569. The van der Waals surface area contributed by atoms with Gasteiger partial charge in [-0.3, -0.25) is 9.59 Å². The van der Waals surface area contributed by atoms with Crippen LogP contribution in [-0.4, -0.2) is 88.0 Å². The van der Waals surface area contributed by atoms with E-state index >= 15 is 0 Å². The Kier molecular flexibility index (Phi) is 23.3. The van der Waals surface area contributed by atoms with Gasteiger partial charge in [-0.15, -0.1) is 0 Å². The van der Waals surface area contributed by atoms with E-state index in [2.05, 4.69) is 41.6 Å². The SMILES string of the molecule is COC(=O)CCCCCCOc1ccc(Nc2nc3c(c(NC4CCCCC4)n2)CCN3)cc1.O=C(O)CCCCCCOc1ccc(Nc2nc3c(c(NC4CCCCC4)n2)CCN3)cc1.[Li+].[OH-]. The van der Waals surface area contributed by atoms with Gasteiger partial charge in [0.05, 0.1) is 20.3 Å². The van der Waals surface area contributed by atoms with E-state index in [4.69, 9.17) is 29.5 Å². The number of benzene rings is 2. The molecule has 4 aromatic rings. The summed E-state index contributed by atoms with van der Waals surface area (Å²) >= 11 is 0. The van der Waals surface area contributed by atoms with Crippen LogP contribution in [0.3, 0.4) is 0 Å². The number of unbranched alkanes of at least 4 members (excludes halogenated alkanes) is 6. The summed E-state index contributed by atoms with van der Waals surface area (Å²) in [5.74, 6) is 5.79. The van der Waals surface area contributed by atoms with E-state index < -0.39 is 5.97 Å². The number of carboxylic acids is 1. The summed E-state index contributed by atoms with van der Waals surface area (Å²) in [5, 5.41) is 29.5. The number of aromatic nitrogens is 4. The van der Waals surface area contributed by atoms with Gasteiger partial charge >= 0.3 is 30.8 Å². The first-order valence-corrected chi connectivity index (χ1v) is 25.0. The number of rotatable bonds is 24. The summed E-state index contributed by atoms with van der Waals surface area (Å²) < 4.78 is 16.3. The molecule has 4 aliphatic rings. The van der Waals surface area contributed by atoms with Crippen molar-refractivity contribution in [3.8, 4) is 11.5 Å². The summed E-state index contributed by atoms with van der Waals surface area (Å²) in [6, 6.07) is 16.7. The number of methoxy groups -OCH3 is 1. The maximum absolute atomic E-state index is 11.1. The zero-order valence-electron chi connectivity index (χ0n) is 40.9. The number of fused-ring (bicyclic) bond motifs is 2. The molecule has 0 unspecified atom stereocenters. The van der Waals surface area contributed by atoms with Crippen LogP contribution in [0.15, 0.2) is 48.5 Å². The van der Waals surface area contributed by atoms with E-state index in [1.54, 1.807) is 0 Å². The Morgan fingerprint density at radius 2 is 1.01 bits per heavy atom. The number of nitrogens with zero attached hydrogens (tertiary/aromatic N) is 4. The number of carboxylic acid groups (broad SMARTS) is 1. The van der Waals surface area contributed by atoms with E-state index in [0.717, 1.165) is 123 Å². The van der Waals surface area contributed by atoms with Crippen LogP contribution < -0.4 is 60.2 Å². The molecular weight excluding hydrogens is 872 g/mol. The Morgan fingerprint density at radius 3 is 1.43 bits per heavy atom. The van der Waals surface area contributed by atoms with Crippen LogP contribution in [0.5, 0.6) is 11.5 Å². The minimum Gasteiger partial charge on any atom is -0.870 e. The van der Waals surface area contributed by atoms with Crippen molar-refractivity contribution >= 4 is 58.5 Å². The molecule has 2 fully saturated rings. The fourth-order valence-corrected chi connectivity index (χ4v) is 9.04. The predicted molar refractivity (Wildman–Crippen MR) is 268 cm³/mol. The Morgan fingerprint density at radius 1 is 0.594 bits per heavy atom. The summed E-state index contributed by atoms with van der Waals surface area (Å²) in [6.45, 7) is 3.11. The minimum atomic E-state index is -0.724. The van der Waals surface area contributed by atoms with Gasteiger partial charge in [0, 0.05) is 60.5 Å². The largest absolute Gasteiger partial charge is 1.00 e. The van der Waals surface area contributed by atoms with Crippen molar-refractivity contribution in [2.24, 2.45) is 0 Å². The molecule has 69 heavy (non-hydrogen) atoms. The van der Waals surface area contributed by atoms with Crippen LogP contribution in [0.1, 0.15) is 140 Å². The van der Waals surface area contributed by atoms with Gasteiger partial charge in [0.25, 0.3) is 0 Å². The fourth-order valence-electron chi connectivity index (χ4n) is 9.04. The molecule has 0 radical (unpaired) electrons. The smallest absolute Gasteiger partial charge is 0.870 e. The first kappa shape index (κ1) is 54.4. The Labute approximate surface area is 419 Å². The third-order valence-corrected chi connectivity index (χ3v) is 12.8. The van der Waals surface area contributed by atoms with Gasteiger partial charge in [-0.1, -0.05) is 64.2 Å². The molecule has 2 saturated carbocycles. The summed E-state index contributed by atoms with van der Waals surface area (Å²) in [5.41, 5.74) is 4.23. The molecule has 370 valence electrons. The quantitative estimate of drug-likeness (QED) is 0.0203. The van der Waals surface area contributed by atoms with Gasteiger partial charge in [-0.2, -0.15) is 19.9 Å². The molecular formula is C51H73LiN10O7. The van der Waals surface area contributed by atoms with Crippen molar-refractivity contribution in [1.29, 1.82) is 0 Å². The Hall–Kier alpha value is -5.50. The van der Waals surface area contributed by atoms with Gasteiger partial charge in [0.2, 0.25) is 11.9 Å². The van der Waals surface area contributed by atoms with Crippen molar-refractivity contribution in [1.82, 2.24) is 19.9 Å². The van der Waals surface area contributed by atoms with Crippen molar-refractivity contribution < 1.29 is 53.2 Å². The molecule has 0 amide bonds. The number of carbonyl (C=O) groups excluding carboxylic acids is 1. The maximum Gasteiger partial charge on any atom is 1.00 e. The Bertz CT molecular complexity index is 2160. The summed E-state index contributed by atoms with van der Waals surface area (Å²) in [7, 11) is 1.43. The number of hydrogen-bond donors (Lipinski definition) is 7. The number of esters is 1. The standard InChI is InChI=1S/C26H37N5O3.C25H35N5O3.Li.H2O/c1-33-23(32)11-7-2-3-8-18-34-21-14-12-20(13-15-21)29-26-30-24-22(16-17-27-24)25(31-26)28-19-9-5-4-6-10-19;31-22(32)10-6-1-2-7-17-33-20-13-11-19(12-14-20)28-25-29-23-21(15-16-26-23)24(30-25)27-18-8-4-3-5-9-18;;/h12-15,19H,2-11,16-18H2,1H3,(H3,27,28,29,30,31);11-14,18H,1-10,15-17H2,(H,31,32)(H3,26,27,28,29,30);;1H2/q;;+1;/p-1. The molecule has 4 heterocycles.